The predicted molar refractivity (Wildman–Crippen MR) is 297 cm³/mol. The second-order valence-corrected chi connectivity index (χ2v) is 20.0. The molecule has 0 heterocycles. The van der Waals surface area contributed by atoms with Crippen LogP contribution in [0, 0.1) is 0 Å². The first kappa shape index (κ1) is 65.6. The second kappa shape index (κ2) is 58.9. The zero-order valence-electron chi connectivity index (χ0n) is 45.4. The molecule has 1 unspecified atom stereocenters. The summed E-state index contributed by atoms with van der Waals surface area (Å²) in [6.07, 6.45) is 79.2. The highest BCUT2D eigenvalue weighted by Crippen LogP contribution is 2.17. The Bertz CT molecular complexity index is 1170. The first-order chi connectivity index (χ1) is 33.6. The summed E-state index contributed by atoms with van der Waals surface area (Å²) in [5, 5.41) is 9.67. The van der Waals surface area contributed by atoms with Gasteiger partial charge in [-0.05, 0) is 77.0 Å². The summed E-state index contributed by atoms with van der Waals surface area (Å²) in [5.74, 6) is -0.577. The normalized spacial score (nSPS) is 12.6. The Morgan fingerprint density at radius 2 is 0.632 bits per heavy atom. The molecule has 5 nitrogen and oxygen atoms in total. The smallest absolute Gasteiger partial charge is 0.306 e. The molecule has 0 radical (unpaired) electrons. The topological polar surface area (TPSA) is 72.8 Å². The fraction of sp³-hybridized carbons (Fsp3) is 0.810. The molecule has 0 saturated carbocycles. The van der Waals surface area contributed by atoms with Gasteiger partial charge in [0.05, 0.1) is 6.61 Å². The minimum Gasteiger partial charge on any atom is -0.462 e. The van der Waals surface area contributed by atoms with E-state index in [-0.39, 0.29) is 25.2 Å². The molecule has 0 aromatic carbocycles. The summed E-state index contributed by atoms with van der Waals surface area (Å²) in [6.45, 7) is 4.07. The van der Waals surface area contributed by atoms with Gasteiger partial charge in [-0.1, -0.05) is 280 Å². The van der Waals surface area contributed by atoms with Crippen LogP contribution in [0.2, 0.25) is 0 Å². The van der Waals surface area contributed by atoms with Crippen molar-refractivity contribution in [2.24, 2.45) is 0 Å². The molecule has 0 rings (SSSR count). The van der Waals surface area contributed by atoms with E-state index in [1.807, 2.05) is 0 Å². The van der Waals surface area contributed by atoms with E-state index in [0.29, 0.717) is 12.8 Å². The monoisotopic (exact) mass is 951 g/mol. The largest absolute Gasteiger partial charge is 0.462 e. The van der Waals surface area contributed by atoms with Gasteiger partial charge in [0.15, 0.2) is 6.10 Å². The molecule has 0 fully saturated rings. The van der Waals surface area contributed by atoms with E-state index in [1.165, 1.54) is 218 Å². The zero-order valence-corrected chi connectivity index (χ0v) is 45.4. The number of hydrogen-bond donors (Lipinski definition) is 1. The van der Waals surface area contributed by atoms with Gasteiger partial charge >= 0.3 is 11.9 Å². The van der Waals surface area contributed by atoms with Gasteiger partial charge in [0, 0.05) is 12.8 Å². The Morgan fingerprint density at radius 1 is 0.353 bits per heavy atom. The summed E-state index contributed by atoms with van der Waals surface area (Å²) in [6, 6.07) is 0. The Morgan fingerprint density at radius 3 is 0.971 bits per heavy atom. The molecule has 0 spiro atoms. The van der Waals surface area contributed by atoms with E-state index in [4.69, 9.17) is 9.47 Å². The van der Waals surface area contributed by atoms with E-state index in [0.717, 1.165) is 64.2 Å². The number of allylic oxidation sites excluding steroid dienone is 10. The van der Waals surface area contributed by atoms with Crippen molar-refractivity contribution in [3.8, 4) is 0 Å². The average Bonchev–Trinajstić information content (AvgIpc) is 3.34. The highest BCUT2D eigenvalue weighted by Gasteiger charge is 2.16. The summed E-state index contributed by atoms with van der Waals surface area (Å²) >= 11 is 0. The molecular weight excluding hydrogens is 837 g/mol. The van der Waals surface area contributed by atoms with Gasteiger partial charge in [0.25, 0.3) is 0 Å². The Labute approximate surface area is 423 Å². The minimum atomic E-state index is -0.772. The van der Waals surface area contributed by atoms with Gasteiger partial charge in [-0.3, -0.25) is 9.59 Å². The predicted octanol–water partition coefficient (Wildman–Crippen LogP) is 20.2. The van der Waals surface area contributed by atoms with Crippen molar-refractivity contribution in [3.05, 3.63) is 60.8 Å². The molecule has 68 heavy (non-hydrogen) atoms. The molecule has 0 aliphatic carbocycles. The van der Waals surface area contributed by atoms with E-state index in [9.17, 15) is 14.7 Å². The Kier molecular flexibility index (Phi) is 56.8. The number of esters is 2. The van der Waals surface area contributed by atoms with Crippen LogP contribution in [0.3, 0.4) is 0 Å². The number of aliphatic hydroxyl groups is 1. The van der Waals surface area contributed by atoms with E-state index >= 15 is 0 Å². The van der Waals surface area contributed by atoms with Gasteiger partial charge in [0.2, 0.25) is 0 Å². The third-order valence-electron chi connectivity index (χ3n) is 13.3. The van der Waals surface area contributed by atoms with Crippen LogP contribution in [-0.2, 0) is 19.1 Å². The number of ether oxygens (including phenoxy) is 2. The number of carbonyl (C=O) groups excluding carboxylic acids is 2. The summed E-state index contributed by atoms with van der Waals surface area (Å²) < 4.78 is 10.7. The molecule has 0 aliphatic rings. The maximum atomic E-state index is 12.3. The van der Waals surface area contributed by atoms with Crippen molar-refractivity contribution < 1.29 is 24.2 Å². The number of hydrogen-bond acceptors (Lipinski definition) is 5. The highest BCUT2D eigenvalue weighted by atomic mass is 16.6. The van der Waals surface area contributed by atoms with Crippen molar-refractivity contribution in [2.45, 2.75) is 315 Å². The van der Waals surface area contributed by atoms with E-state index < -0.39 is 6.10 Å². The van der Waals surface area contributed by atoms with Gasteiger partial charge in [0.1, 0.15) is 6.61 Å². The standard InChI is InChI=1S/C63H114O5/c1-3-5-7-9-11-13-15-17-19-21-23-25-27-28-29-30-31-32-33-34-36-38-40-42-44-46-48-50-52-54-56-58-63(66)68-61(59-64)60-67-62(65)57-55-53-51-49-47-45-43-41-39-37-35-26-24-22-20-18-16-14-12-10-8-6-4-2/h5,7,11,13,17,19,22-25,61,64H,3-4,6,8-10,12,14-16,18,20-21,26-60H2,1-2H3/b7-5-,13-11-,19-17-,24-22-,25-23-. The van der Waals surface area contributed by atoms with Crippen LogP contribution < -0.4 is 0 Å². The van der Waals surface area contributed by atoms with Gasteiger partial charge in [-0.15, -0.1) is 0 Å². The highest BCUT2D eigenvalue weighted by molar-refractivity contribution is 5.70. The SMILES string of the molecule is CC/C=C\C/C=C\C/C=C\C/C=C\CCCCCCCCCCCCCCCCCCCCC(=O)OC(CO)COC(=O)CCCCCCCCCCCCC/C=C\CCCCCCCCCC. The maximum Gasteiger partial charge on any atom is 0.306 e. The summed E-state index contributed by atoms with van der Waals surface area (Å²) in [7, 11) is 0. The fourth-order valence-electron chi connectivity index (χ4n) is 8.84. The van der Waals surface area contributed by atoms with Gasteiger partial charge in [-0.2, -0.15) is 0 Å². The van der Waals surface area contributed by atoms with Crippen LogP contribution in [0.15, 0.2) is 60.8 Å². The third kappa shape index (κ3) is 56.2. The van der Waals surface area contributed by atoms with Gasteiger partial charge < -0.3 is 14.6 Å². The van der Waals surface area contributed by atoms with Crippen LogP contribution in [0.5, 0.6) is 0 Å². The van der Waals surface area contributed by atoms with Crippen LogP contribution in [0.1, 0.15) is 309 Å². The summed E-state index contributed by atoms with van der Waals surface area (Å²) in [4.78, 5) is 24.6. The first-order valence-electron chi connectivity index (χ1n) is 29.8. The summed E-state index contributed by atoms with van der Waals surface area (Å²) in [5.41, 5.74) is 0. The van der Waals surface area contributed by atoms with Crippen molar-refractivity contribution in [1.82, 2.24) is 0 Å². The molecule has 0 bridgehead atoms. The number of aliphatic hydroxyl groups excluding tert-OH is 1. The molecule has 0 aromatic rings. The molecule has 5 heteroatoms. The molecule has 0 aromatic heterocycles. The lowest BCUT2D eigenvalue weighted by atomic mass is 10.0. The molecule has 0 amide bonds. The fourth-order valence-corrected chi connectivity index (χ4v) is 8.84. The van der Waals surface area contributed by atoms with Crippen molar-refractivity contribution in [3.63, 3.8) is 0 Å². The molecular formula is C63H114O5. The quantitative estimate of drug-likeness (QED) is 0.0374. The van der Waals surface area contributed by atoms with Crippen molar-refractivity contribution >= 4 is 11.9 Å². The lowest BCUT2D eigenvalue weighted by molar-refractivity contribution is -0.161. The molecule has 1 atom stereocenters. The zero-order chi connectivity index (χ0) is 49.2. The first-order valence-corrected chi connectivity index (χ1v) is 29.8. The minimum absolute atomic E-state index is 0.0634. The van der Waals surface area contributed by atoms with E-state index in [1.54, 1.807) is 0 Å². The van der Waals surface area contributed by atoms with Crippen LogP contribution in [0.25, 0.3) is 0 Å². The number of carbonyl (C=O) groups is 2. The Hall–Kier alpha value is -2.40. The van der Waals surface area contributed by atoms with Crippen LogP contribution >= 0.6 is 0 Å². The molecule has 0 aliphatic heterocycles. The van der Waals surface area contributed by atoms with Crippen molar-refractivity contribution in [2.75, 3.05) is 13.2 Å². The average molecular weight is 952 g/mol. The molecule has 0 saturated heterocycles. The van der Waals surface area contributed by atoms with Crippen LogP contribution in [0.4, 0.5) is 0 Å². The molecule has 396 valence electrons. The number of rotatable bonds is 55. The lowest BCUT2D eigenvalue weighted by Gasteiger charge is -2.15. The van der Waals surface area contributed by atoms with Gasteiger partial charge in [-0.25, -0.2) is 0 Å². The Balaban J connectivity index is 3.44. The van der Waals surface area contributed by atoms with Crippen molar-refractivity contribution in [1.29, 1.82) is 0 Å². The molecule has 1 N–H and O–H groups in total. The maximum absolute atomic E-state index is 12.3. The lowest BCUT2D eigenvalue weighted by Crippen LogP contribution is -2.28. The van der Waals surface area contributed by atoms with Crippen LogP contribution in [-0.4, -0.2) is 36.4 Å². The number of unbranched alkanes of at least 4 members (excludes halogenated alkanes) is 37. The second-order valence-electron chi connectivity index (χ2n) is 20.0. The third-order valence-corrected chi connectivity index (χ3v) is 13.3. The van der Waals surface area contributed by atoms with E-state index in [2.05, 4.69) is 74.6 Å².